The second-order valence-corrected chi connectivity index (χ2v) is 9.41. The molecule has 0 aliphatic carbocycles. The van der Waals surface area contributed by atoms with Gasteiger partial charge in [-0.3, -0.25) is 4.99 Å². The van der Waals surface area contributed by atoms with E-state index in [9.17, 15) is 8.42 Å². The number of halogens is 1. The second-order valence-electron chi connectivity index (χ2n) is 5.98. The van der Waals surface area contributed by atoms with Gasteiger partial charge in [0, 0.05) is 4.47 Å². The Labute approximate surface area is 134 Å². The summed E-state index contributed by atoms with van der Waals surface area (Å²) >= 11 is 3.54. The average molecular weight is 373 g/mol. The number of amidine groups is 1. The molecule has 116 valence electrons. The maximum absolute atomic E-state index is 12.4. The highest BCUT2D eigenvalue weighted by Gasteiger charge is 2.44. The van der Waals surface area contributed by atoms with Gasteiger partial charge < -0.3 is 5.73 Å². The topological polar surface area (TPSA) is 72.5 Å². The van der Waals surface area contributed by atoms with E-state index < -0.39 is 20.6 Å². The van der Waals surface area contributed by atoms with Crippen LogP contribution < -0.4 is 5.73 Å². The molecule has 0 unspecified atom stereocenters. The van der Waals surface area contributed by atoms with E-state index in [0.29, 0.717) is 0 Å². The summed E-state index contributed by atoms with van der Waals surface area (Å²) in [6.07, 6.45) is 0.920. The molecule has 0 aromatic heterocycles. The van der Waals surface area contributed by atoms with Gasteiger partial charge in [-0.1, -0.05) is 28.9 Å². The molecule has 0 saturated heterocycles. The van der Waals surface area contributed by atoms with Gasteiger partial charge in [-0.05, 0) is 49.9 Å². The van der Waals surface area contributed by atoms with Crippen molar-refractivity contribution >= 4 is 31.6 Å². The number of rotatable bonds is 2. The predicted molar refractivity (Wildman–Crippen MR) is 90.5 cm³/mol. The third-order valence-electron chi connectivity index (χ3n) is 4.24. The number of aliphatic imine (C=N–C) groups is 1. The molecule has 1 aromatic rings. The minimum atomic E-state index is -3.32. The summed E-state index contributed by atoms with van der Waals surface area (Å²) in [4.78, 5) is 4.45. The van der Waals surface area contributed by atoms with E-state index in [2.05, 4.69) is 33.9 Å². The Morgan fingerprint density at radius 2 is 2.05 bits per heavy atom. The quantitative estimate of drug-likeness (QED) is 0.866. The first-order valence-corrected chi connectivity index (χ1v) is 9.39. The Bertz CT molecular complexity index is 709. The molecule has 0 radical (unpaired) electrons. The lowest BCUT2D eigenvalue weighted by Gasteiger charge is -2.32. The first-order valence-electron chi connectivity index (χ1n) is 6.95. The lowest BCUT2D eigenvalue weighted by atomic mass is 9.98. The summed E-state index contributed by atoms with van der Waals surface area (Å²) in [6.45, 7) is 7.29. The van der Waals surface area contributed by atoms with Crippen LogP contribution in [-0.2, 0) is 16.3 Å². The molecule has 1 aliphatic rings. The van der Waals surface area contributed by atoms with Crippen molar-refractivity contribution < 1.29 is 8.42 Å². The number of hydrogen-bond acceptors (Lipinski definition) is 4. The van der Waals surface area contributed by atoms with Crippen LogP contribution in [0.15, 0.2) is 21.6 Å². The molecule has 0 saturated carbocycles. The standard InChI is InChI=1S/C15H21BrN2O2S/c1-5-10-6-9(2)11(7-12(10)16)13-8-21(19,20)15(3,4)14(17)18-13/h6-7,13H,5,8H2,1-4H3,(H2,17,18)/t13-/m0/s1. The normalized spacial score (nSPS) is 23.7. The molecule has 2 N–H and O–H groups in total. The predicted octanol–water partition coefficient (Wildman–Crippen LogP) is 2.93. The highest BCUT2D eigenvalue weighted by Crippen LogP contribution is 2.35. The van der Waals surface area contributed by atoms with Crippen molar-refractivity contribution in [2.45, 2.75) is 44.9 Å². The van der Waals surface area contributed by atoms with Gasteiger partial charge in [-0.2, -0.15) is 0 Å². The molecular weight excluding hydrogens is 352 g/mol. The molecule has 1 atom stereocenters. The zero-order chi connectivity index (χ0) is 16.0. The molecule has 6 heteroatoms. The second kappa shape index (κ2) is 5.39. The van der Waals surface area contributed by atoms with Crippen LogP contribution in [0.25, 0.3) is 0 Å². The summed E-state index contributed by atoms with van der Waals surface area (Å²) in [5.74, 6) is 0.188. The SMILES string of the molecule is CCc1cc(C)c([C@@H]2CS(=O)(=O)C(C)(C)C(N)=N2)cc1Br. The number of aryl methyl sites for hydroxylation is 2. The van der Waals surface area contributed by atoms with Crippen molar-refractivity contribution in [2.24, 2.45) is 10.7 Å². The summed E-state index contributed by atoms with van der Waals surface area (Å²) < 4.78 is 24.8. The Hall–Kier alpha value is -0.880. The summed E-state index contributed by atoms with van der Waals surface area (Å²) in [6, 6.07) is 3.63. The van der Waals surface area contributed by atoms with Crippen molar-refractivity contribution in [3.05, 3.63) is 33.3 Å². The third kappa shape index (κ3) is 2.75. The van der Waals surface area contributed by atoms with Crippen LogP contribution in [0.5, 0.6) is 0 Å². The molecule has 2 rings (SSSR count). The number of hydrogen-bond donors (Lipinski definition) is 1. The van der Waals surface area contributed by atoms with Gasteiger partial charge in [-0.25, -0.2) is 8.42 Å². The molecule has 4 nitrogen and oxygen atoms in total. The lowest BCUT2D eigenvalue weighted by molar-refractivity contribution is 0.561. The monoisotopic (exact) mass is 372 g/mol. The maximum atomic E-state index is 12.4. The van der Waals surface area contributed by atoms with E-state index in [-0.39, 0.29) is 11.6 Å². The Morgan fingerprint density at radius 1 is 1.43 bits per heavy atom. The van der Waals surface area contributed by atoms with Gasteiger partial charge in [0.15, 0.2) is 9.84 Å². The Morgan fingerprint density at radius 3 is 2.57 bits per heavy atom. The first-order chi connectivity index (χ1) is 9.60. The van der Waals surface area contributed by atoms with E-state index in [1.54, 1.807) is 13.8 Å². The molecule has 0 spiro atoms. The zero-order valence-corrected chi connectivity index (χ0v) is 15.2. The van der Waals surface area contributed by atoms with Crippen molar-refractivity contribution in [1.29, 1.82) is 0 Å². The number of nitrogens with zero attached hydrogens (tertiary/aromatic N) is 1. The molecular formula is C15H21BrN2O2S. The van der Waals surface area contributed by atoms with Gasteiger partial charge in [0.2, 0.25) is 0 Å². The third-order valence-corrected chi connectivity index (χ3v) is 7.50. The molecule has 1 heterocycles. The van der Waals surface area contributed by atoms with Gasteiger partial charge in [0.05, 0.1) is 11.8 Å². The van der Waals surface area contributed by atoms with Gasteiger partial charge in [0.1, 0.15) is 10.6 Å². The van der Waals surface area contributed by atoms with E-state index in [0.717, 1.165) is 22.0 Å². The van der Waals surface area contributed by atoms with Crippen LogP contribution >= 0.6 is 15.9 Å². The fourth-order valence-electron chi connectivity index (χ4n) is 2.48. The van der Waals surface area contributed by atoms with Crippen molar-refractivity contribution in [2.75, 3.05) is 5.75 Å². The fraction of sp³-hybridized carbons (Fsp3) is 0.533. The van der Waals surface area contributed by atoms with Crippen molar-refractivity contribution in [3.8, 4) is 0 Å². The van der Waals surface area contributed by atoms with Crippen LogP contribution in [0.3, 0.4) is 0 Å². The van der Waals surface area contributed by atoms with Crippen LogP contribution in [0, 0.1) is 6.92 Å². The zero-order valence-electron chi connectivity index (χ0n) is 12.8. The molecule has 0 bridgehead atoms. The van der Waals surface area contributed by atoms with E-state index in [1.807, 2.05) is 13.0 Å². The largest absolute Gasteiger partial charge is 0.386 e. The van der Waals surface area contributed by atoms with E-state index >= 15 is 0 Å². The first kappa shape index (κ1) is 16.5. The maximum Gasteiger partial charge on any atom is 0.165 e. The smallest absolute Gasteiger partial charge is 0.165 e. The van der Waals surface area contributed by atoms with Crippen LogP contribution in [0.1, 0.15) is 43.5 Å². The van der Waals surface area contributed by atoms with E-state index in [1.165, 1.54) is 5.56 Å². The van der Waals surface area contributed by atoms with Crippen LogP contribution in [0.2, 0.25) is 0 Å². The minimum absolute atomic E-state index is 0.000544. The van der Waals surface area contributed by atoms with Crippen molar-refractivity contribution in [1.82, 2.24) is 0 Å². The van der Waals surface area contributed by atoms with Crippen molar-refractivity contribution in [3.63, 3.8) is 0 Å². The molecule has 0 fully saturated rings. The van der Waals surface area contributed by atoms with Crippen LogP contribution in [-0.4, -0.2) is 24.8 Å². The van der Waals surface area contributed by atoms with Gasteiger partial charge in [0.25, 0.3) is 0 Å². The Kier molecular flexibility index (Phi) is 4.23. The highest BCUT2D eigenvalue weighted by molar-refractivity contribution is 9.10. The number of nitrogens with two attached hydrogens (primary N) is 1. The summed E-state index contributed by atoms with van der Waals surface area (Å²) in [7, 11) is -3.32. The number of benzene rings is 1. The van der Waals surface area contributed by atoms with Crippen LogP contribution in [0.4, 0.5) is 0 Å². The average Bonchev–Trinajstić information content (AvgIpc) is 2.38. The molecule has 0 amide bonds. The number of sulfone groups is 1. The lowest BCUT2D eigenvalue weighted by Crippen LogP contribution is -2.50. The summed E-state index contributed by atoms with van der Waals surface area (Å²) in [5.41, 5.74) is 9.09. The Balaban J connectivity index is 2.55. The molecule has 1 aromatic carbocycles. The fourth-order valence-corrected chi connectivity index (χ4v) is 4.58. The molecule has 21 heavy (non-hydrogen) atoms. The van der Waals surface area contributed by atoms with Gasteiger partial charge >= 0.3 is 0 Å². The minimum Gasteiger partial charge on any atom is -0.386 e. The summed E-state index contributed by atoms with van der Waals surface area (Å²) in [5, 5.41) is 0. The van der Waals surface area contributed by atoms with E-state index in [4.69, 9.17) is 5.73 Å². The highest BCUT2D eigenvalue weighted by atomic mass is 79.9. The van der Waals surface area contributed by atoms with Gasteiger partial charge in [-0.15, -0.1) is 0 Å². The molecule has 1 aliphatic heterocycles.